The van der Waals surface area contributed by atoms with E-state index < -0.39 is 5.60 Å². The molecular weight excluding hydrogens is 290 g/mol. The van der Waals surface area contributed by atoms with E-state index in [1.54, 1.807) is 18.6 Å². The van der Waals surface area contributed by atoms with Crippen molar-refractivity contribution in [3.8, 4) is 11.1 Å². The van der Waals surface area contributed by atoms with Crippen molar-refractivity contribution in [1.29, 1.82) is 0 Å². The van der Waals surface area contributed by atoms with Crippen molar-refractivity contribution in [3.63, 3.8) is 0 Å². The average Bonchev–Trinajstić information content (AvgIpc) is 2.56. The number of nitrogens with zero attached hydrogens (tertiary/aromatic N) is 4. The number of rotatable bonds is 3. The molecule has 0 atom stereocenters. The average molecular weight is 313 g/mol. The molecular formula is C17H23N5O. The third kappa shape index (κ3) is 3.12. The lowest BCUT2D eigenvalue weighted by Crippen LogP contribution is -2.44. The highest BCUT2D eigenvalue weighted by Gasteiger charge is 2.32. The summed E-state index contributed by atoms with van der Waals surface area (Å²) in [6.45, 7) is 5.59. The van der Waals surface area contributed by atoms with Crippen LogP contribution in [-0.2, 0) is 0 Å². The fourth-order valence-electron chi connectivity index (χ4n) is 3.08. The van der Waals surface area contributed by atoms with E-state index in [9.17, 15) is 5.11 Å². The Kier molecular flexibility index (Phi) is 4.17. The molecule has 3 rings (SSSR count). The Morgan fingerprint density at radius 3 is 2.57 bits per heavy atom. The van der Waals surface area contributed by atoms with Crippen molar-refractivity contribution in [1.82, 2.24) is 15.0 Å². The molecule has 6 nitrogen and oxygen atoms in total. The summed E-state index contributed by atoms with van der Waals surface area (Å²) in [6, 6.07) is 3.74. The fraction of sp³-hybridized carbons (Fsp3) is 0.471. The highest BCUT2D eigenvalue weighted by molar-refractivity contribution is 5.77. The van der Waals surface area contributed by atoms with Gasteiger partial charge in [-0.25, -0.2) is 15.0 Å². The molecule has 1 aliphatic heterocycles. The number of piperidine rings is 1. The van der Waals surface area contributed by atoms with Gasteiger partial charge in [-0.2, -0.15) is 0 Å². The molecule has 3 heterocycles. The van der Waals surface area contributed by atoms with Crippen LogP contribution in [-0.4, -0.2) is 38.7 Å². The normalized spacial score (nSPS) is 17.3. The van der Waals surface area contributed by atoms with Crippen molar-refractivity contribution in [2.24, 2.45) is 0 Å². The Labute approximate surface area is 136 Å². The van der Waals surface area contributed by atoms with Crippen LogP contribution in [0, 0.1) is 6.92 Å². The molecule has 2 aromatic rings. The first-order chi connectivity index (χ1) is 11.0. The smallest absolute Gasteiger partial charge is 0.140 e. The third-order valence-electron chi connectivity index (χ3n) is 4.74. The molecule has 1 aliphatic rings. The van der Waals surface area contributed by atoms with Gasteiger partial charge in [0.05, 0.1) is 11.3 Å². The van der Waals surface area contributed by atoms with E-state index in [2.05, 4.69) is 19.9 Å². The summed E-state index contributed by atoms with van der Waals surface area (Å²) in [5.74, 6) is 1.40. The van der Waals surface area contributed by atoms with Crippen molar-refractivity contribution in [2.75, 3.05) is 23.7 Å². The van der Waals surface area contributed by atoms with Gasteiger partial charge in [0.2, 0.25) is 0 Å². The standard InChI is InChI=1S/C17H23N5O/c1-3-17(23)6-8-22(9-7-17)16-15(12(2)20-11-21-16)13-4-5-14(18)19-10-13/h4-5,10-11,23H,3,6-9H2,1-2H3,(H2,18,19). The maximum Gasteiger partial charge on any atom is 0.140 e. The Bertz CT molecular complexity index is 678. The lowest BCUT2D eigenvalue weighted by atomic mass is 9.89. The predicted molar refractivity (Wildman–Crippen MR) is 91.1 cm³/mol. The van der Waals surface area contributed by atoms with Crippen LogP contribution in [0.25, 0.3) is 11.1 Å². The number of nitrogen functional groups attached to an aromatic ring is 1. The minimum absolute atomic E-state index is 0.496. The Morgan fingerprint density at radius 1 is 1.22 bits per heavy atom. The highest BCUT2D eigenvalue weighted by atomic mass is 16.3. The van der Waals surface area contributed by atoms with Crippen molar-refractivity contribution < 1.29 is 5.11 Å². The molecule has 0 radical (unpaired) electrons. The van der Waals surface area contributed by atoms with E-state index in [-0.39, 0.29) is 0 Å². The zero-order valence-corrected chi connectivity index (χ0v) is 13.7. The van der Waals surface area contributed by atoms with Gasteiger partial charge in [-0.1, -0.05) is 6.92 Å². The van der Waals surface area contributed by atoms with Gasteiger partial charge in [0.1, 0.15) is 18.0 Å². The van der Waals surface area contributed by atoms with Crippen LogP contribution in [0.2, 0.25) is 0 Å². The summed E-state index contributed by atoms with van der Waals surface area (Å²) < 4.78 is 0. The van der Waals surface area contributed by atoms with Crippen molar-refractivity contribution >= 4 is 11.6 Å². The number of anilines is 2. The first kappa shape index (κ1) is 15.7. The molecule has 2 aromatic heterocycles. The molecule has 23 heavy (non-hydrogen) atoms. The predicted octanol–water partition coefficient (Wildman–Crippen LogP) is 2.17. The summed E-state index contributed by atoms with van der Waals surface area (Å²) in [5, 5.41) is 10.4. The fourth-order valence-corrected chi connectivity index (χ4v) is 3.08. The third-order valence-corrected chi connectivity index (χ3v) is 4.74. The number of aryl methyl sites for hydroxylation is 1. The Hall–Kier alpha value is -2.21. The van der Waals surface area contributed by atoms with Gasteiger partial charge in [0.15, 0.2) is 0 Å². The molecule has 122 valence electrons. The molecule has 3 N–H and O–H groups in total. The lowest BCUT2D eigenvalue weighted by Gasteiger charge is -2.38. The van der Waals surface area contributed by atoms with Gasteiger partial charge >= 0.3 is 0 Å². The number of aromatic nitrogens is 3. The van der Waals surface area contributed by atoms with Crippen LogP contribution in [0.3, 0.4) is 0 Å². The van der Waals surface area contributed by atoms with Gasteiger partial charge < -0.3 is 15.7 Å². The van der Waals surface area contributed by atoms with E-state index in [1.807, 2.05) is 19.9 Å². The van der Waals surface area contributed by atoms with Crippen LogP contribution < -0.4 is 10.6 Å². The molecule has 0 amide bonds. The SMILES string of the molecule is CCC1(O)CCN(c2ncnc(C)c2-c2ccc(N)nc2)CC1. The zero-order valence-electron chi connectivity index (χ0n) is 13.7. The molecule has 0 bridgehead atoms. The van der Waals surface area contributed by atoms with E-state index >= 15 is 0 Å². The maximum absolute atomic E-state index is 10.4. The van der Waals surface area contributed by atoms with Gasteiger partial charge in [-0.15, -0.1) is 0 Å². The number of pyridine rings is 1. The summed E-state index contributed by atoms with van der Waals surface area (Å²) in [4.78, 5) is 15.3. The second-order valence-electron chi connectivity index (χ2n) is 6.19. The van der Waals surface area contributed by atoms with Gasteiger partial charge in [-0.05, 0) is 38.3 Å². The molecule has 6 heteroatoms. The minimum Gasteiger partial charge on any atom is -0.390 e. The van der Waals surface area contributed by atoms with Gasteiger partial charge in [-0.3, -0.25) is 0 Å². The summed E-state index contributed by atoms with van der Waals surface area (Å²) >= 11 is 0. The molecule has 0 unspecified atom stereocenters. The summed E-state index contributed by atoms with van der Waals surface area (Å²) in [5.41, 5.74) is 8.01. The summed E-state index contributed by atoms with van der Waals surface area (Å²) in [6.07, 6.45) is 5.66. The molecule has 0 spiro atoms. The first-order valence-corrected chi connectivity index (χ1v) is 8.03. The molecule has 1 fully saturated rings. The van der Waals surface area contributed by atoms with E-state index in [0.29, 0.717) is 5.82 Å². The molecule has 0 aliphatic carbocycles. The quantitative estimate of drug-likeness (QED) is 0.903. The van der Waals surface area contributed by atoms with Crippen molar-refractivity contribution in [3.05, 3.63) is 30.4 Å². The topological polar surface area (TPSA) is 88.2 Å². The number of nitrogens with two attached hydrogens (primary N) is 1. The van der Waals surface area contributed by atoms with Crippen LogP contribution >= 0.6 is 0 Å². The number of hydrogen-bond donors (Lipinski definition) is 2. The molecule has 1 saturated heterocycles. The maximum atomic E-state index is 10.4. The van der Waals surface area contributed by atoms with Crippen molar-refractivity contribution in [2.45, 2.75) is 38.7 Å². The zero-order chi connectivity index (χ0) is 16.4. The van der Waals surface area contributed by atoms with E-state index in [1.165, 1.54) is 0 Å². The molecule has 0 saturated carbocycles. The Morgan fingerprint density at radius 2 is 1.96 bits per heavy atom. The Balaban J connectivity index is 1.95. The monoisotopic (exact) mass is 313 g/mol. The molecule has 0 aromatic carbocycles. The second kappa shape index (κ2) is 6.12. The largest absolute Gasteiger partial charge is 0.390 e. The minimum atomic E-state index is -0.540. The van der Waals surface area contributed by atoms with E-state index in [4.69, 9.17) is 5.73 Å². The second-order valence-corrected chi connectivity index (χ2v) is 6.19. The lowest BCUT2D eigenvalue weighted by molar-refractivity contribution is 0.0125. The van der Waals surface area contributed by atoms with Crippen LogP contribution in [0.1, 0.15) is 31.9 Å². The van der Waals surface area contributed by atoms with Crippen LogP contribution in [0.5, 0.6) is 0 Å². The number of hydrogen-bond acceptors (Lipinski definition) is 6. The van der Waals surface area contributed by atoms with Crippen LogP contribution in [0.4, 0.5) is 11.6 Å². The first-order valence-electron chi connectivity index (χ1n) is 8.03. The van der Waals surface area contributed by atoms with E-state index in [0.717, 1.165) is 55.0 Å². The van der Waals surface area contributed by atoms with Gasteiger partial charge in [0.25, 0.3) is 0 Å². The van der Waals surface area contributed by atoms with Gasteiger partial charge in [0, 0.05) is 30.4 Å². The highest BCUT2D eigenvalue weighted by Crippen LogP contribution is 2.34. The number of aliphatic hydroxyl groups is 1. The van der Waals surface area contributed by atoms with Crippen LogP contribution in [0.15, 0.2) is 24.7 Å². The summed E-state index contributed by atoms with van der Waals surface area (Å²) in [7, 11) is 0.